The van der Waals surface area contributed by atoms with Crippen LogP contribution in [0.3, 0.4) is 0 Å². The molecule has 0 spiro atoms. The minimum absolute atomic E-state index is 0. The first-order valence-corrected chi connectivity index (χ1v) is 11.7. The summed E-state index contributed by atoms with van der Waals surface area (Å²) in [6.45, 7) is 1.01. The molecule has 1 fully saturated rings. The molecular weight excluding hydrogens is 545 g/mol. The molecule has 0 atom stereocenters. The number of hydrogen-bond acceptors (Lipinski definition) is 5. The zero-order valence-electron chi connectivity index (χ0n) is 17.9. The standard InChI is InChI=1S/C19H30F2N4O4S.HI/c1-4-28-16-7-5-6-15(17(16)29-18(20)21)13-24-19(22-2)23-12-14-8-10-25(11-9-14)30(3,26)27;/h5-7,14,18H,4,8-13H2,1-3H3,(H2,22,23,24);1H. The molecule has 0 aromatic heterocycles. The van der Waals surface area contributed by atoms with Gasteiger partial charge < -0.3 is 20.1 Å². The van der Waals surface area contributed by atoms with Crippen molar-refractivity contribution in [3.63, 3.8) is 0 Å². The molecule has 2 N–H and O–H groups in total. The normalized spacial score (nSPS) is 16.0. The molecule has 1 heterocycles. The highest BCUT2D eigenvalue weighted by Gasteiger charge is 2.25. The SMILES string of the molecule is CCOc1cccc(CNC(=NC)NCC2CCN(S(C)(=O)=O)CC2)c1OC(F)F.I. The molecule has 1 saturated heterocycles. The number of benzene rings is 1. The quantitative estimate of drug-likeness (QED) is 0.267. The van der Waals surface area contributed by atoms with Crippen LogP contribution in [0, 0.1) is 5.92 Å². The fraction of sp³-hybridized carbons (Fsp3) is 0.632. The fourth-order valence-corrected chi connectivity index (χ4v) is 4.15. The molecular formula is C19H31F2IN4O4S. The molecule has 31 heavy (non-hydrogen) atoms. The second-order valence-electron chi connectivity index (χ2n) is 6.97. The lowest BCUT2D eigenvalue weighted by atomic mass is 9.98. The van der Waals surface area contributed by atoms with Gasteiger partial charge in [0.2, 0.25) is 10.0 Å². The molecule has 0 amide bonds. The predicted octanol–water partition coefficient (Wildman–Crippen LogP) is 2.64. The van der Waals surface area contributed by atoms with E-state index in [2.05, 4.69) is 20.4 Å². The third kappa shape index (κ3) is 8.93. The maximum Gasteiger partial charge on any atom is 0.387 e. The third-order valence-corrected chi connectivity index (χ3v) is 6.14. The Hall–Kier alpha value is -1.41. The van der Waals surface area contributed by atoms with E-state index in [4.69, 9.17) is 4.74 Å². The highest BCUT2D eigenvalue weighted by Crippen LogP contribution is 2.32. The Morgan fingerprint density at radius 2 is 1.97 bits per heavy atom. The number of sulfonamides is 1. The summed E-state index contributed by atoms with van der Waals surface area (Å²) in [7, 11) is -1.52. The Kier molecular flexibility index (Phi) is 11.8. The van der Waals surface area contributed by atoms with E-state index >= 15 is 0 Å². The lowest BCUT2D eigenvalue weighted by Crippen LogP contribution is -2.43. The lowest BCUT2D eigenvalue weighted by molar-refractivity contribution is -0.0520. The predicted molar refractivity (Wildman–Crippen MR) is 127 cm³/mol. The van der Waals surface area contributed by atoms with Gasteiger partial charge in [-0.3, -0.25) is 4.99 Å². The topological polar surface area (TPSA) is 92.3 Å². The highest BCUT2D eigenvalue weighted by molar-refractivity contribution is 14.0. The van der Waals surface area contributed by atoms with Gasteiger partial charge in [0.05, 0.1) is 12.9 Å². The Bertz CT molecular complexity index is 819. The lowest BCUT2D eigenvalue weighted by Gasteiger charge is -2.30. The summed E-state index contributed by atoms with van der Waals surface area (Å²) in [6.07, 6.45) is 2.75. The van der Waals surface area contributed by atoms with Gasteiger partial charge in [-0.15, -0.1) is 24.0 Å². The highest BCUT2D eigenvalue weighted by atomic mass is 127. The molecule has 1 aliphatic rings. The Labute approximate surface area is 199 Å². The van der Waals surface area contributed by atoms with Gasteiger partial charge in [0.15, 0.2) is 17.5 Å². The van der Waals surface area contributed by atoms with Crippen molar-refractivity contribution in [2.75, 3.05) is 39.5 Å². The number of aliphatic imine (C=N–C) groups is 1. The second-order valence-corrected chi connectivity index (χ2v) is 8.95. The van der Waals surface area contributed by atoms with Gasteiger partial charge in [0.1, 0.15) is 0 Å². The summed E-state index contributed by atoms with van der Waals surface area (Å²) < 4.78 is 60.4. The maximum absolute atomic E-state index is 12.8. The van der Waals surface area contributed by atoms with Crippen molar-refractivity contribution < 1.29 is 26.7 Å². The van der Waals surface area contributed by atoms with Gasteiger partial charge in [-0.2, -0.15) is 8.78 Å². The Balaban J connectivity index is 0.00000480. The van der Waals surface area contributed by atoms with Crippen molar-refractivity contribution in [2.24, 2.45) is 10.9 Å². The van der Waals surface area contributed by atoms with Gasteiger partial charge >= 0.3 is 6.61 Å². The van der Waals surface area contributed by atoms with E-state index < -0.39 is 16.6 Å². The third-order valence-electron chi connectivity index (χ3n) is 4.84. The average molecular weight is 576 g/mol. The molecule has 0 unspecified atom stereocenters. The smallest absolute Gasteiger partial charge is 0.387 e. The second kappa shape index (κ2) is 13.2. The molecule has 0 radical (unpaired) electrons. The number of hydrogen-bond donors (Lipinski definition) is 2. The fourth-order valence-electron chi connectivity index (χ4n) is 3.28. The molecule has 12 heteroatoms. The molecule has 178 valence electrons. The molecule has 1 aliphatic heterocycles. The van der Waals surface area contributed by atoms with Crippen LogP contribution in [-0.4, -0.2) is 64.8 Å². The van der Waals surface area contributed by atoms with Crippen LogP contribution in [0.4, 0.5) is 8.78 Å². The number of halogens is 3. The van der Waals surface area contributed by atoms with E-state index in [0.29, 0.717) is 43.7 Å². The van der Waals surface area contributed by atoms with Gasteiger partial charge in [0.25, 0.3) is 0 Å². The average Bonchev–Trinajstić information content (AvgIpc) is 2.69. The summed E-state index contributed by atoms with van der Waals surface area (Å²) in [5, 5.41) is 6.31. The van der Waals surface area contributed by atoms with Crippen LogP contribution in [0.5, 0.6) is 11.5 Å². The van der Waals surface area contributed by atoms with Crippen LogP contribution >= 0.6 is 24.0 Å². The monoisotopic (exact) mass is 576 g/mol. The number of nitrogens with zero attached hydrogens (tertiary/aromatic N) is 2. The summed E-state index contributed by atoms with van der Waals surface area (Å²) in [5.41, 5.74) is 0.519. The first-order valence-electron chi connectivity index (χ1n) is 9.83. The number of ether oxygens (including phenoxy) is 2. The number of para-hydroxylation sites is 1. The van der Waals surface area contributed by atoms with E-state index in [0.717, 1.165) is 12.8 Å². The van der Waals surface area contributed by atoms with Crippen molar-refractivity contribution in [2.45, 2.75) is 32.9 Å². The minimum Gasteiger partial charge on any atom is -0.490 e. The number of rotatable bonds is 9. The summed E-state index contributed by atoms with van der Waals surface area (Å²) in [4.78, 5) is 4.16. The molecule has 1 aromatic rings. The van der Waals surface area contributed by atoms with Crippen molar-refractivity contribution in [3.8, 4) is 11.5 Å². The van der Waals surface area contributed by atoms with Gasteiger partial charge in [-0.05, 0) is 31.7 Å². The number of piperidine rings is 1. The van der Waals surface area contributed by atoms with Crippen LogP contribution in [0.2, 0.25) is 0 Å². The van der Waals surface area contributed by atoms with E-state index in [9.17, 15) is 17.2 Å². The van der Waals surface area contributed by atoms with Crippen LogP contribution in [-0.2, 0) is 16.6 Å². The van der Waals surface area contributed by atoms with Crippen molar-refractivity contribution in [3.05, 3.63) is 23.8 Å². The summed E-state index contributed by atoms with van der Waals surface area (Å²) >= 11 is 0. The molecule has 0 bridgehead atoms. The maximum atomic E-state index is 12.8. The van der Waals surface area contributed by atoms with Crippen molar-refractivity contribution >= 4 is 40.0 Å². The number of alkyl halides is 2. The van der Waals surface area contributed by atoms with Crippen LogP contribution < -0.4 is 20.1 Å². The van der Waals surface area contributed by atoms with Crippen LogP contribution in [0.15, 0.2) is 23.2 Å². The van der Waals surface area contributed by atoms with E-state index in [-0.39, 0.29) is 42.0 Å². The van der Waals surface area contributed by atoms with Gasteiger partial charge in [-0.1, -0.05) is 12.1 Å². The van der Waals surface area contributed by atoms with E-state index in [1.807, 2.05) is 0 Å². The molecule has 1 aromatic carbocycles. The van der Waals surface area contributed by atoms with Gasteiger partial charge in [0, 0.05) is 38.8 Å². The van der Waals surface area contributed by atoms with E-state index in [1.165, 1.54) is 10.6 Å². The Morgan fingerprint density at radius 1 is 1.29 bits per heavy atom. The van der Waals surface area contributed by atoms with Gasteiger partial charge in [-0.25, -0.2) is 12.7 Å². The number of nitrogens with one attached hydrogen (secondary N) is 2. The zero-order chi connectivity index (χ0) is 22.1. The molecule has 8 nitrogen and oxygen atoms in total. The van der Waals surface area contributed by atoms with Crippen LogP contribution in [0.25, 0.3) is 0 Å². The van der Waals surface area contributed by atoms with E-state index in [1.54, 1.807) is 32.2 Å². The first-order chi connectivity index (χ1) is 14.2. The molecule has 2 rings (SSSR count). The molecule has 0 saturated carbocycles. The van der Waals surface area contributed by atoms with Crippen molar-refractivity contribution in [1.29, 1.82) is 0 Å². The Morgan fingerprint density at radius 3 is 2.52 bits per heavy atom. The first kappa shape index (κ1) is 27.6. The number of guanidine groups is 1. The molecule has 0 aliphatic carbocycles. The summed E-state index contributed by atoms with van der Waals surface area (Å²) in [5.74, 6) is 1.11. The minimum atomic E-state index is -3.14. The zero-order valence-corrected chi connectivity index (χ0v) is 21.1. The van der Waals surface area contributed by atoms with Crippen LogP contribution in [0.1, 0.15) is 25.3 Å². The summed E-state index contributed by atoms with van der Waals surface area (Å²) in [6, 6.07) is 4.98. The van der Waals surface area contributed by atoms with Crippen molar-refractivity contribution in [1.82, 2.24) is 14.9 Å². The largest absolute Gasteiger partial charge is 0.490 e.